The molecular weight excluding hydrogens is 462 g/mol. The maximum atomic E-state index is 5.88. The molecule has 0 spiro atoms. The van der Waals surface area contributed by atoms with Crippen LogP contribution in [0.4, 0.5) is 0 Å². The Kier molecular flexibility index (Phi) is 7.04. The highest BCUT2D eigenvalue weighted by Gasteiger charge is 2.19. The summed E-state index contributed by atoms with van der Waals surface area (Å²) in [7, 11) is 6.79. The molecular formula is C32H31NO4. The minimum atomic E-state index is 0.815. The number of methoxy groups -OCH3 is 4. The van der Waals surface area contributed by atoms with Gasteiger partial charge >= 0.3 is 0 Å². The molecule has 1 aromatic heterocycles. The molecule has 188 valence electrons. The van der Waals surface area contributed by atoms with Gasteiger partial charge < -0.3 is 23.5 Å². The van der Waals surface area contributed by atoms with Gasteiger partial charge in [-0.05, 0) is 71.6 Å². The summed E-state index contributed by atoms with van der Waals surface area (Å²) >= 11 is 0. The van der Waals surface area contributed by atoms with E-state index in [9.17, 15) is 0 Å². The number of nitrogens with zero attached hydrogens (tertiary/aromatic N) is 1. The number of fused-ring (bicyclic) bond motifs is 1. The van der Waals surface area contributed by atoms with E-state index < -0.39 is 0 Å². The standard InChI is InChI=1S/C32H31NO4/c1-34-25-11-5-22(6-12-25)19-20-33-21-29(23-7-13-26(35-2)14-8-23)28-17-18-30(37-4)31(32(28)33)24-9-15-27(36-3)16-10-24/h5-18,21H,19-20H2,1-4H3. The highest BCUT2D eigenvalue weighted by Crippen LogP contribution is 2.42. The van der Waals surface area contributed by atoms with E-state index in [-0.39, 0.29) is 0 Å². The third kappa shape index (κ3) is 4.85. The maximum Gasteiger partial charge on any atom is 0.128 e. The first-order chi connectivity index (χ1) is 18.1. The Labute approximate surface area is 217 Å². The zero-order chi connectivity index (χ0) is 25.8. The van der Waals surface area contributed by atoms with E-state index in [1.54, 1.807) is 28.4 Å². The number of aryl methyl sites for hydroxylation is 2. The molecule has 0 amide bonds. The summed E-state index contributed by atoms with van der Waals surface area (Å²) in [6, 6.07) is 28.9. The number of hydrogen-bond acceptors (Lipinski definition) is 4. The lowest BCUT2D eigenvalue weighted by atomic mass is 9.98. The van der Waals surface area contributed by atoms with E-state index in [0.29, 0.717) is 0 Å². The molecule has 0 saturated carbocycles. The molecule has 5 nitrogen and oxygen atoms in total. The fourth-order valence-corrected chi connectivity index (χ4v) is 4.80. The van der Waals surface area contributed by atoms with Crippen molar-refractivity contribution in [1.82, 2.24) is 4.57 Å². The summed E-state index contributed by atoms with van der Waals surface area (Å²) in [4.78, 5) is 0. The van der Waals surface area contributed by atoms with Gasteiger partial charge in [-0.3, -0.25) is 0 Å². The van der Waals surface area contributed by atoms with Crippen molar-refractivity contribution in [1.29, 1.82) is 0 Å². The second-order valence-electron chi connectivity index (χ2n) is 8.83. The van der Waals surface area contributed by atoms with Gasteiger partial charge in [-0.15, -0.1) is 0 Å². The van der Waals surface area contributed by atoms with Gasteiger partial charge in [0.25, 0.3) is 0 Å². The minimum absolute atomic E-state index is 0.815. The Morgan fingerprint density at radius 1 is 0.568 bits per heavy atom. The average Bonchev–Trinajstić information content (AvgIpc) is 3.34. The lowest BCUT2D eigenvalue weighted by Crippen LogP contribution is -2.02. The highest BCUT2D eigenvalue weighted by atomic mass is 16.5. The Morgan fingerprint density at radius 3 is 1.65 bits per heavy atom. The Bertz CT molecular complexity index is 1480. The summed E-state index contributed by atoms with van der Waals surface area (Å²) in [5, 5.41) is 1.17. The smallest absolute Gasteiger partial charge is 0.128 e. The van der Waals surface area contributed by atoms with Crippen molar-refractivity contribution in [3.05, 3.63) is 96.7 Å². The molecule has 0 radical (unpaired) electrons. The normalized spacial score (nSPS) is 10.9. The van der Waals surface area contributed by atoms with Gasteiger partial charge in [0, 0.05) is 29.3 Å². The summed E-state index contributed by atoms with van der Waals surface area (Å²) < 4.78 is 24.3. The van der Waals surface area contributed by atoms with Crippen LogP contribution in [0, 0.1) is 0 Å². The monoisotopic (exact) mass is 493 g/mol. The van der Waals surface area contributed by atoms with Crippen LogP contribution in [0.15, 0.2) is 91.1 Å². The van der Waals surface area contributed by atoms with Crippen molar-refractivity contribution >= 4 is 10.9 Å². The molecule has 5 heteroatoms. The second kappa shape index (κ2) is 10.7. The van der Waals surface area contributed by atoms with Crippen molar-refractivity contribution in [2.45, 2.75) is 13.0 Å². The Balaban J connectivity index is 1.67. The number of aromatic nitrogens is 1. The van der Waals surface area contributed by atoms with E-state index in [2.05, 4.69) is 59.3 Å². The molecule has 0 N–H and O–H groups in total. The predicted octanol–water partition coefficient (Wildman–Crippen LogP) is 7.25. The van der Waals surface area contributed by atoms with E-state index in [1.165, 1.54) is 16.5 Å². The first-order valence-electron chi connectivity index (χ1n) is 12.3. The molecule has 0 bridgehead atoms. The lowest BCUT2D eigenvalue weighted by molar-refractivity contribution is 0.414. The zero-order valence-corrected chi connectivity index (χ0v) is 21.7. The quantitative estimate of drug-likeness (QED) is 0.217. The first kappa shape index (κ1) is 24.3. The largest absolute Gasteiger partial charge is 0.497 e. The van der Waals surface area contributed by atoms with Crippen LogP contribution in [0.3, 0.4) is 0 Å². The molecule has 4 aromatic carbocycles. The number of benzene rings is 4. The van der Waals surface area contributed by atoms with E-state index in [4.69, 9.17) is 18.9 Å². The molecule has 0 atom stereocenters. The fraction of sp³-hybridized carbons (Fsp3) is 0.188. The molecule has 1 heterocycles. The van der Waals surface area contributed by atoms with Crippen LogP contribution in [0.5, 0.6) is 23.0 Å². The van der Waals surface area contributed by atoms with Crippen molar-refractivity contribution in [3.63, 3.8) is 0 Å². The Morgan fingerprint density at radius 2 is 1.11 bits per heavy atom. The molecule has 0 fully saturated rings. The van der Waals surface area contributed by atoms with Gasteiger partial charge in [-0.2, -0.15) is 0 Å². The van der Waals surface area contributed by atoms with Gasteiger partial charge in [0.15, 0.2) is 0 Å². The Hall–Kier alpha value is -4.38. The molecule has 37 heavy (non-hydrogen) atoms. The van der Waals surface area contributed by atoms with Gasteiger partial charge in [-0.25, -0.2) is 0 Å². The molecule has 0 aliphatic heterocycles. The number of ether oxygens (including phenoxy) is 4. The average molecular weight is 494 g/mol. The van der Waals surface area contributed by atoms with E-state index in [1.807, 2.05) is 36.4 Å². The van der Waals surface area contributed by atoms with Crippen molar-refractivity contribution in [3.8, 4) is 45.3 Å². The number of hydrogen-bond donors (Lipinski definition) is 0. The van der Waals surface area contributed by atoms with Crippen LogP contribution in [0.2, 0.25) is 0 Å². The SMILES string of the molecule is COc1ccc(CCn2cc(-c3ccc(OC)cc3)c3ccc(OC)c(-c4ccc(OC)cc4)c32)cc1. The minimum Gasteiger partial charge on any atom is -0.497 e. The van der Waals surface area contributed by atoms with Crippen LogP contribution in [0.1, 0.15) is 5.56 Å². The van der Waals surface area contributed by atoms with Crippen LogP contribution in [0.25, 0.3) is 33.2 Å². The van der Waals surface area contributed by atoms with Crippen LogP contribution < -0.4 is 18.9 Å². The summed E-state index contributed by atoms with van der Waals surface area (Å²) in [5.41, 5.74) is 6.85. The summed E-state index contributed by atoms with van der Waals surface area (Å²) in [5.74, 6) is 3.36. The topological polar surface area (TPSA) is 41.9 Å². The predicted molar refractivity (Wildman–Crippen MR) is 149 cm³/mol. The van der Waals surface area contributed by atoms with Crippen molar-refractivity contribution < 1.29 is 18.9 Å². The van der Waals surface area contributed by atoms with Crippen LogP contribution >= 0.6 is 0 Å². The molecule has 5 aromatic rings. The fourth-order valence-electron chi connectivity index (χ4n) is 4.80. The third-order valence-electron chi connectivity index (χ3n) is 6.80. The second-order valence-corrected chi connectivity index (χ2v) is 8.83. The van der Waals surface area contributed by atoms with Gasteiger partial charge in [0.2, 0.25) is 0 Å². The summed E-state index contributed by atoms with van der Waals surface area (Å²) in [6.45, 7) is 0.815. The summed E-state index contributed by atoms with van der Waals surface area (Å²) in [6.07, 6.45) is 3.14. The number of rotatable bonds is 9. The lowest BCUT2D eigenvalue weighted by Gasteiger charge is -2.15. The first-order valence-corrected chi connectivity index (χ1v) is 12.3. The molecule has 0 unspecified atom stereocenters. The van der Waals surface area contributed by atoms with Crippen molar-refractivity contribution in [2.75, 3.05) is 28.4 Å². The van der Waals surface area contributed by atoms with Crippen LogP contribution in [-0.4, -0.2) is 33.0 Å². The van der Waals surface area contributed by atoms with Crippen LogP contribution in [-0.2, 0) is 13.0 Å². The van der Waals surface area contributed by atoms with E-state index >= 15 is 0 Å². The van der Waals surface area contributed by atoms with Gasteiger partial charge in [0.05, 0.1) is 34.0 Å². The van der Waals surface area contributed by atoms with Gasteiger partial charge in [-0.1, -0.05) is 36.4 Å². The van der Waals surface area contributed by atoms with Gasteiger partial charge in [0.1, 0.15) is 23.0 Å². The molecule has 5 rings (SSSR count). The third-order valence-corrected chi connectivity index (χ3v) is 6.80. The molecule has 0 aliphatic rings. The molecule has 0 aliphatic carbocycles. The van der Waals surface area contributed by atoms with Crippen molar-refractivity contribution in [2.24, 2.45) is 0 Å². The maximum absolute atomic E-state index is 5.88. The molecule has 0 saturated heterocycles. The van der Waals surface area contributed by atoms with E-state index in [0.717, 1.165) is 58.2 Å². The highest BCUT2D eigenvalue weighted by molar-refractivity contribution is 6.05. The zero-order valence-electron chi connectivity index (χ0n) is 21.7.